The van der Waals surface area contributed by atoms with Crippen LogP contribution in [0.25, 0.3) is 0 Å². The van der Waals surface area contributed by atoms with Gasteiger partial charge in [-0.3, -0.25) is 38.4 Å². The zero-order chi connectivity index (χ0) is 44.3. The van der Waals surface area contributed by atoms with E-state index in [2.05, 4.69) is 31.9 Å². The van der Waals surface area contributed by atoms with E-state index >= 15 is 0 Å². The molecule has 326 valence electrons. The summed E-state index contributed by atoms with van der Waals surface area (Å²) in [6.07, 6.45) is -0.936. The molecular formula is C38H67N7O12. The van der Waals surface area contributed by atoms with Gasteiger partial charge >= 0.3 is 17.9 Å². The number of aliphatic carboxylic acids is 3. The second kappa shape index (κ2) is 25.4. The molecule has 8 atom stereocenters. The van der Waals surface area contributed by atoms with Crippen molar-refractivity contribution in [1.29, 1.82) is 0 Å². The number of carboxylic acids is 3. The lowest BCUT2D eigenvalue weighted by atomic mass is 9.95. The fourth-order valence-corrected chi connectivity index (χ4v) is 5.75. The minimum absolute atomic E-state index is 0.0392. The third-order valence-electron chi connectivity index (χ3n) is 9.06. The van der Waals surface area contributed by atoms with E-state index in [1.807, 2.05) is 13.8 Å². The van der Waals surface area contributed by atoms with Crippen molar-refractivity contribution in [2.24, 2.45) is 35.3 Å². The van der Waals surface area contributed by atoms with E-state index in [-0.39, 0.29) is 43.4 Å². The van der Waals surface area contributed by atoms with Gasteiger partial charge in [-0.25, -0.2) is 4.79 Å². The average molecular weight is 814 g/mol. The van der Waals surface area contributed by atoms with Crippen LogP contribution in [-0.4, -0.2) is 111 Å². The number of hydrogen-bond acceptors (Lipinski definition) is 10. The normalized spacial score (nSPS) is 15.6. The minimum Gasteiger partial charge on any atom is -0.481 e. The van der Waals surface area contributed by atoms with Gasteiger partial charge in [-0.2, -0.15) is 0 Å². The van der Waals surface area contributed by atoms with Gasteiger partial charge in [0.2, 0.25) is 35.4 Å². The van der Waals surface area contributed by atoms with Crippen molar-refractivity contribution < 1.29 is 58.5 Å². The first kappa shape index (κ1) is 52.2. The molecule has 0 aromatic heterocycles. The molecule has 0 bridgehead atoms. The summed E-state index contributed by atoms with van der Waals surface area (Å²) in [5.74, 6) is -10.4. The van der Waals surface area contributed by atoms with Crippen LogP contribution in [0.2, 0.25) is 0 Å². The second-order valence-electron chi connectivity index (χ2n) is 16.2. The molecule has 0 aliphatic heterocycles. The number of carbonyl (C=O) groups is 9. The van der Waals surface area contributed by atoms with Gasteiger partial charge < -0.3 is 53.0 Å². The van der Waals surface area contributed by atoms with Crippen LogP contribution >= 0.6 is 0 Å². The van der Waals surface area contributed by atoms with Crippen molar-refractivity contribution in [3.63, 3.8) is 0 Å². The zero-order valence-corrected chi connectivity index (χ0v) is 35.0. The number of amides is 6. The fourth-order valence-electron chi connectivity index (χ4n) is 5.75. The fraction of sp³-hybridized carbons (Fsp3) is 0.763. The Morgan fingerprint density at radius 2 is 0.895 bits per heavy atom. The van der Waals surface area contributed by atoms with Gasteiger partial charge in [0.15, 0.2) is 0 Å². The van der Waals surface area contributed by atoms with Gasteiger partial charge in [0.05, 0.1) is 12.5 Å². The SMILES string of the molecule is CC[C@H](C)[C@H](NC(=O)[C@H](CC(=O)O)NC(=O)[C@@H](N)CC(C)C)C(=O)N[C@@H](CC(C)C)C(=O)N[C@@H](CC(C)C)C(=O)N[C@@H](CCC(=O)O)C(=O)N[C@H](C(=O)O)C(C)C. The van der Waals surface area contributed by atoms with E-state index in [0.29, 0.717) is 6.42 Å². The van der Waals surface area contributed by atoms with Gasteiger partial charge in [-0.15, -0.1) is 0 Å². The number of rotatable bonds is 27. The standard InChI is InChI=1S/C38H67N7O12/c1-11-22(10)31(45-36(54)27(17-29(48)49)41-32(50)23(39)14-18(2)3)37(55)43-26(16-20(6)7)35(53)42-25(15-19(4)5)34(52)40-24(12-13-28(46)47)33(51)44-30(21(8)9)38(56)57/h18-27,30-31H,11-17,39H2,1-10H3,(H,40,52)(H,41,50)(H,42,53)(H,43,55)(H,44,51)(H,45,54)(H,46,47)(H,48,49)(H,56,57)/t22-,23-,24-,25-,26-,27-,30-,31-/m0/s1. The van der Waals surface area contributed by atoms with Crippen molar-refractivity contribution in [1.82, 2.24) is 31.9 Å². The van der Waals surface area contributed by atoms with Gasteiger partial charge in [0.1, 0.15) is 36.3 Å². The molecule has 0 aromatic rings. The van der Waals surface area contributed by atoms with Crippen molar-refractivity contribution in [2.45, 2.75) is 156 Å². The second-order valence-corrected chi connectivity index (χ2v) is 16.2. The number of carboxylic acid groups (broad SMARTS) is 3. The maximum Gasteiger partial charge on any atom is 0.326 e. The van der Waals surface area contributed by atoms with Gasteiger partial charge in [0, 0.05) is 6.42 Å². The van der Waals surface area contributed by atoms with E-state index in [1.165, 1.54) is 0 Å². The third-order valence-corrected chi connectivity index (χ3v) is 9.06. The molecule has 0 aromatic carbocycles. The summed E-state index contributed by atoms with van der Waals surface area (Å²) in [6.45, 7) is 17.3. The van der Waals surface area contributed by atoms with Crippen molar-refractivity contribution in [2.75, 3.05) is 0 Å². The average Bonchev–Trinajstić information content (AvgIpc) is 3.08. The first-order valence-electron chi connectivity index (χ1n) is 19.5. The number of hydrogen-bond donors (Lipinski definition) is 10. The Morgan fingerprint density at radius 3 is 1.30 bits per heavy atom. The Kier molecular flexibility index (Phi) is 23.3. The molecule has 19 heteroatoms. The molecule has 0 aliphatic carbocycles. The summed E-state index contributed by atoms with van der Waals surface area (Å²) in [5, 5.41) is 43.3. The first-order valence-corrected chi connectivity index (χ1v) is 19.5. The molecule has 0 unspecified atom stereocenters. The number of nitrogens with two attached hydrogens (primary N) is 1. The Bertz CT molecular complexity index is 1400. The lowest BCUT2D eigenvalue weighted by Crippen LogP contribution is -2.61. The molecule has 11 N–H and O–H groups in total. The van der Waals surface area contributed by atoms with E-state index in [9.17, 15) is 58.5 Å². The van der Waals surface area contributed by atoms with Crippen LogP contribution in [0, 0.1) is 29.6 Å². The summed E-state index contributed by atoms with van der Waals surface area (Å²) in [6, 6.07) is -9.19. The van der Waals surface area contributed by atoms with Gasteiger partial charge in [-0.05, 0) is 55.3 Å². The molecule has 0 aliphatic rings. The third kappa shape index (κ3) is 20.3. The van der Waals surface area contributed by atoms with Crippen LogP contribution in [-0.2, 0) is 43.2 Å². The predicted molar refractivity (Wildman–Crippen MR) is 209 cm³/mol. The Morgan fingerprint density at radius 1 is 0.491 bits per heavy atom. The highest BCUT2D eigenvalue weighted by atomic mass is 16.4. The summed E-state index contributed by atoms with van der Waals surface area (Å²) in [5.41, 5.74) is 5.94. The summed E-state index contributed by atoms with van der Waals surface area (Å²) < 4.78 is 0. The van der Waals surface area contributed by atoms with Gasteiger partial charge in [0.25, 0.3) is 0 Å². The van der Waals surface area contributed by atoms with Gasteiger partial charge in [-0.1, -0.05) is 75.7 Å². The topological polar surface area (TPSA) is 313 Å². The van der Waals surface area contributed by atoms with Crippen molar-refractivity contribution >= 4 is 53.4 Å². The largest absolute Gasteiger partial charge is 0.481 e. The monoisotopic (exact) mass is 813 g/mol. The first-order chi connectivity index (χ1) is 26.3. The van der Waals surface area contributed by atoms with Crippen LogP contribution in [0.15, 0.2) is 0 Å². The van der Waals surface area contributed by atoms with Crippen LogP contribution < -0.4 is 37.6 Å². The zero-order valence-electron chi connectivity index (χ0n) is 35.0. The lowest BCUT2D eigenvalue weighted by molar-refractivity contribution is -0.144. The Labute approximate surface area is 335 Å². The molecular weight excluding hydrogens is 746 g/mol. The highest BCUT2D eigenvalue weighted by molar-refractivity contribution is 5.98. The number of carbonyl (C=O) groups excluding carboxylic acids is 6. The molecule has 57 heavy (non-hydrogen) atoms. The Balaban J connectivity index is 6.43. The van der Waals surface area contributed by atoms with E-state index in [0.717, 1.165) is 0 Å². The van der Waals surface area contributed by atoms with Crippen LogP contribution in [0.5, 0.6) is 0 Å². The molecule has 0 heterocycles. The van der Waals surface area contributed by atoms with E-state index in [4.69, 9.17) is 5.73 Å². The van der Waals surface area contributed by atoms with Crippen LogP contribution in [0.4, 0.5) is 0 Å². The number of nitrogens with one attached hydrogen (secondary N) is 6. The van der Waals surface area contributed by atoms with Crippen molar-refractivity contribution in [3.05, 3.63) is 0 Å². The molecule has 0 fully saturated rings. The molecule has 0 saturated carbocycles. The highest BCUT2D eigenvalue weighted by Crippen LogP contribution is 2.14. The predicted octanol–water partition coefficient (Wildman–Crippen LogP) is 0.487. The molecule has 19 nitrogen and oxygen atoms in total. The highest BCUT2D eigenvalue weighted by Gasteiger charge is 2.36. The maximum atomic E-state index is 13.9. The van der Waals surface area contributed by atoms with Crippen molar-refractivity contribution in [3.8, 4) is 0 Å². The molecule has 6 amide bonds. The summed E-state index contributed by atoms with van der Waals surface area (Å²) >= 11 is 0. The summed E-state index contributed by atoms with van der Waals surface area (Å²) in [7, 11) is 0. The Hall–Kier alpha value is -4.81. The molecule has 0 spiro atoms. The summed E-state index contributed by atoms with van der Waals surface area (Å²) in [4.78, 5) is 115. The van der Waals surface area contributed by atoms with E-state index < -0.39 is 120 Å². The molecule has 0 saturated heterocycles. The van der Waals surface area contributed by atoms with E-state index in [1.54, 1.807) is 55.4 Å². The van der Waals surface area contributed by atoms with Crippen LogP contribution in [0.3, 0.4) is 0 Å². The molecule has 0 rings (SSSR count). The maximum absolute atomic E-state index is 13.9. The minimum atomic E-state index is -1.57. The molecule has 0 radical (unpaired) electrons. The van der Waals surface area contributed by atoms with Crippen LogP contribution in [0.1, 0.15) is 114 Å². The lowest BCUT2D eigenvalue weighted by Gasteiger charge is -2.30. The smallest absolute Gasteiger partial charge is 0.326 e. The quantitative estimate of drug-likeness (QED) is 0.0541.